The third-order valence-electron chi connectivity index (χ3n) is 6.94. The monoisotopic (exact) mass is 457 g/mol. The van der Waals surface area contributed by atoms with Crippen LogP contribution in [0.25, 0.3) is 6.08 Å². The largest absolute Gasteiger partial charge is 0.365 e. The minimum atomic E-state index is -0.357. The molecule has 0 radical (unpaired) electrons. The van der Waals surface area contributed by atoms with Gasteiger partial charge in [0.15, 0.2) is 6.29 Å². The highest BCUT2D eigenvalue weighted by molar-refractivity contribution is 5.90. The number of nitrogens with one attached hydrogen (secondary N) is 2. The van der Waals surface area contributed by atoms with E-state index in [1.54, 1.807) is 18.5 Å². The molecule has 182 valence electrons. The minimum absolute atomic E-state index is 0.345. The van der Waals surface area contributed by atoms with Crippen LogP contribution in [0.3, 0.4) is 0 Å². The molecule has 3 fully saturated rings. The van der Waals surface area contributed by atoms with E-state index in [2.05, 4.69) is 25.7 Å². The topological polar surface area (TPSA) is 88.6 Å². The molecule has 2 atom stereocenters. The van der Waals surface area contributed by atoms with Gasteiger partial charge < -0.3 is 15.0 Å². The average molecular weight is 458 g/mol. The predicted octanol–water partition coefficient (Wildman–Crippen LogP) is 3.91. The number of aromatic nitrogens is 2. The van der Waals surface area contributed by atoms with Gasteiger partial charge in [-0.2, -0.15) is 0 Å². The summed E-state index contributed by atoms with van der Waals surface area (Å²) < 4.78 is 5.42. The molecule has 0 spiro atoms. The zero-order valence-electron chi connectivity index (χ0n) is 19.7. The van der Waals surface area contributed by atoms with Crippen molar-refractivity contribution in [1.29, 1.82) is 0 Å². The second-order valence-electron chi connectivity index (χ2n) is 9.62. The van der Waals surface area contributed by atoms with E-state index in [1.165, 1.54) is 57.6 Å². The Bertz CT molecular complexity index is 745. The number of hydrogen-bond acceptors (Lipinski definition) is 7. The SMILES string of the molecule is O=C(/C=C/c1cnc(N[C@@H]2CCN(CCCC3CCCCC3)C2)cn1)NOC1CCCCO1. The van der Waals surface area contributed by atoms with Crippen molar-refractivity contribution in [3.8, 4) is 0 Å². The number of hydroxylamine groups is 1. The number of carbonyl (C=O) groups excluding carboxylic acids is 1. The summed E-state index contributed by atoms with van der Waals surface area (Å²) >= 11 is 0. The summed E-state index contributed by atoms with van der Waals surface area (Å²) in [6, 6.07) is 0.417. The van der Waals surface area contributed by atoms with Gasteiger partial charge in [0.05, 0.1) is 18.1 Å². The van der Waals surface area contributed by atoms with Gasteiger partial charge in [0.25, 0.3) is 5.91 Å². The van der Waals surface area contributed by atoms with E-state index >= 15 is 0 Å². The second kappa shape index (κ2) is 13.0. The lowest BCUT2D eigenvalue weighted by atomic mass is 9.86. The summed E-state index contributed by atoms with van der Waals surface area (Å²) in [7, 11) is 0. The lowest BCUT2D eigenvalue weighted by Crippen LogP contribution is -2.32. The second-order valence-corrected chi connectivity index (χ2v) is 9.62. The average Bonchev–Trinajstić information content (AvgIpc) is 3.30. The Hall–Kier alpha value is -2.03. The number of nitrogens with zero attached hydrogens (tertiary/aromatic N) is 3. The molecular formula is C25H39N5O3. The maximum atomic E-state index is 11.9. The van der Waals surface area contributed by atoms with Crippen molar-refractivity contribution in [2.45, 2.75) is 83.0 Å². The number of rotatable bonds is 10. The fraction of sp³-hybridized carbons (Fsp3) is 0.720. The zero-order valence-corrected chi connectivity index (χ0v) is 19.7. The van der Waals surface area contributed by atoms with Crippen molar-refractivity contribution in [3.05, 3.63) is 24.2 Å². The lowest BCUT2D eigenvalue weighted by Gasteiger charge is -2.23. The maximum Gasteiger partial charge on any atom is 0.267 e. The van der Waals surface area contributed by atoms with Crippen molar-refractivity contribution in [3.63, 3.8) is 0 Å². The third-order valence-corrected chi connectivity index (χ3v) is 6.94. The van der Waals surface area contributed by atoms with Gasteiger partial charge >= 0.3 is 0 Å². The molecule has 4 rings (SSSR count). The summed E-state index contributed by atoms with van der Waals surface area (Å²) in [6.45, 7) is 4.10. The first-order chi connectivity index (χ1) is 16.2. The molecule has 0 bridgehead atoms. The van der Waals surface area contributed by atoms with Crippen LogP contribution >= 0.6 is 0 Å². The summed E-state index contributed by atoms with van der Waals surface area (Å²) in [5.74, 6) is 1.41. The van der Waals surface area contributed by atoms with E-state index in [9.17, 15) is 4.79 Å². The van der Waals surface area contributed by atoms with Gasteiger partial charge in [0.1, 0.15) is 5.82 Å². The van der Waals surface area contributed by atoms with Gasteiger partial charge in [-0.25, -0.2) is 15.3 Å². The van der Waals surface area contributed by atoms with Crippen LogP contribution < -0.4 is 10.8 Å². The van der Waals surface area contributed by atoms with Gasteiger partial charge in [0.2, 0.25) is 0 Å². The van der Waals surface area contributed by atoms with Crippen LogP contribution in [0.1, 0.15) is 76.3 Å². The number of likely N-dealkylation sites (tertiary alicyclic amines) is 1. The lowest BCUT2D eigenvalue weighted by molar-refractivity contribution is -0.198. The molecular weight excluding hydrogens is 418 g/mol. The number of carbonyl (C=O) groups is 1. The molecule has 2 aliphatic heterocycles. The van der Waals surface area contributed by atoms with Crippen molar-refractivity contribution < 1.29 is 14.4 Å². The molecule has 1 aromatic rings. The Kier molecular flexibility index (Phi) is 9.50. The van der Waals surface area contributed by atoms with Crippen molar-refractivity contribution >= 4 is 17.8 Å². The van der Waals surface area contributed by atoms with E-state index < -0.39 is 0 Å². The summed E-state index contributed by atoms with van der Waals surface area (Å²) in [5.41, 5.74) is 3.03. The Morgan fingerprint density at radius 3 is 2.79 bits per heavy atom. The standard InChI is InChI=1S/C25H39N5O3/c31-24(29-33-25-10-4-5-16-32-25)12-11-21-17-27-23(18-26-21)28-22-13-15-30(19-22)14-6-9-20-7-2-1-3-8-20/h11-12,17-18,20,22,25H,1-10,13-16,19H2,(H,27,28)(H,29,31)/b12-11+/t22-,25?/m1/s1. The van der Waals surface area contributed by atoms with Crippen molar-refractivity contribution in [2.75, 3.05) is 31.6 Å². The van der Waals surface area contributed by atoms with Crippen LogP contribution in [0.4, 0.5) is 5.82 Å². The van der Waals surface area contributed by atoms with Crippen LogP contribution in [0, 0.1) is 5.92 Å². The molecule has 8 nitrogen and oxygen atoms in total. The molecule has 2 saturated heterocycles. The van der Waals surface area contributed by atoms with Crippen LogP contribution in [0.5, 0.6) is 0 Å². The molecule has 3 aliphatic rings. The minimum Gasteiger partial charge on any atom is -0.365 e. The summed E-state index contributed by atoms with van der Waals surface area (Å²) in [4.78, 5) is 28.6. The quantitative estimate of drug-likeness (QED) is 0.407. The highest BCUT2D eigenvalue weighted by Crippen LogP contribution is 2.27. The van der Waals surface area contributed by atoms with Crippen LogP contribution in [0.2, 0.25) is 0 Å². The molecule has 1 amide bonds. The fourth-order valence-electron chi connectivity index (χ4n) is 5.06. The maximum absolute atomic E-state index is 11.9. The predicted molar refractivity (Wildman–Crippen MR) is 128 cm³/mol. The highest BCUT2D eigenvalue weighted by atomic mass is 16.8. The van der Waals surface area contributed by atoms with E-state index in [0.717, 1.165) is 50.5 Å². The Morgan fingerprint density at radius 1 is 1.12 bits per heavy atom. The van der Waals surface area contributed by atoms with Crippen molar-refractivity contribution in [1.82, 2.24) is 20.3 Å². The van der Waals surface area contributed by atoms with E-state index in [0.29, 0.717) is 18.3 Å². The number of hydrogen-bond donors (Lipinski definition) is 2. The van der Waals surface area contributed by atoms with Gasteiger partial charge in [0, 0.05) is 38.2 Å². The van der Waals surface area contributed by atoms with Gasteiger partial charge in [-0.15, -0.1) is 0 Å². The number of ether oxygens (including phenoxy) is 1. The molecule has 1 aliphatic carbocycles. The highest BCUT2D eigenvalue weighted by Gasteiger charge is 2.23. The van der Waals surface area contributed by atoms with Crippen molar-refractivity contribution in [2.24, 2.45) is 5.92 Å². The summed E-state index contributed by atoms with van der Waals surface area (Å²) in [5, 5.41) is 3.51. The van der Waals surface area contributed by atoms with Gasteiger partial charge in [-0.1, -0.05) is 32.1 Å². The number of amides is 1. The normalized spacial score (nSPS) is 24.8. The fourth-order valence-corrected chi connectivity index (χ4v) is 5.06. The molecule has 2 N–H and O–H groups in total. The van der Waals surface area contributed by atoms with E-state index in [1.807, 2.05) is 0 Å². The molecule has 8 heteroatoms. The first-order valence-electron chi connectivity index (χ1n) is 12.8. The Labute approximate surface area is 197 Å². The van der Waals surface area contributed by atoms with Gasteiger partial charge in [-0.05, 0) is 50.6 Å². The number of anilines is 1. The molecule has 1 aromatic heterocycles. The third kappa shape index (κ3) is 8.36. The molecule has 1 unspecified atom stereocenters. The van der Waals surface area contributed by atoms with Crippen LogP contribution in [-0.2, 0) is 14.4 Å². The summed E-state index contributed by atoms with van der Waals surface area (Å²) in [6.07, 6.45) is 20.0. The Balaban J connectivity index is 1.12. The first-order valence-corrected chi connectivity index (χ1v) is 12.8. The smallest absolute Gasteiger partial charge is 0.267 e. The van der Waals surface area contributed by atoms with Crippen LogP contribution in [0.15, 0.2) is 18.5 Å². The molecule has 0 aromatic carbocycles. The van der Waals surface area contributed by atoms with Crippen LogP contribution in [-0.4, -0.2) is 59.3 Å². The zero-order chi connectivity index (χ0) is 22.7. The first kappa shape index (κ1) is 24.1. The van der Waals surface area contributed by atoms with E-state index in [-0.39, 0.29) is 12.2 Å². The Morgan fingerprint density at radius 2 is 2.00 bits per heavy atom. The molecule has 33 heavy (non-hydrogen) atoms. The van der Waals surface area contributed by atoms with E-state index in [4.69, 9.17) is 9.57 Å². The molecule has 3 heterocycles. The molecule has 1 saturated carbocycles. The van der Waals surface area contributed by atoms with Gasteiger partial charge in [-0.3, -0.25) is 9.78 Å².